The molecule has 3 nitrogen and oxygen atoms in total. The fraction of sp³-hybridized carbons (Fsp3) is 0.588. The van der Waals surface area contributed by atoms with Crippen molar-refractivity contribution in [2.75, 3.05) is 6.61 Å². The summed E-state index contributed by atoms with van der Waals surface area (Å²) in [6, 6.07) is 3.11. The highest BCUT2D eigenvalue weighted by atomic mass is 19.1. The Labute approximate surface area is 126 Å². The number of benzene rings is 1. The van der Waals surface area contributed by atoms with Gasteiger partial charge < -0.3 is 9.72 Å². The van der Waals surface area contributed by atoms with Crippen LogP contribution in [-0.4, -0.2) is 16.6 Å². The molecule has 0 spiro atoms. The van der Waals surface area contributed by atoms with Crippen LogP contribution in [-0.2, 0) is 0 Å². The molecule has 4 heteroatoms. The second-order valence-electron chi connectivity index (χ2n) is 5.08. The third-order valence-corrected chi connectivity index (χ3v) is 2.83. The number of ether oxygens (including phenoxy) is 1. The zero-order valence-electron chi connectivity index (χ0n) is 13.8. The number of rotatable bonds is 3. The molecule has 1 saturated carbocycles. The first-order valence-electron chi connectivity index (χ1n) is 7.92. The summed E-state index contributed by atoms with van der Waals surface area (Å²) in [6.07, 6.45) is 3.65. The van der Waals surface area contributed by atoms with E-state index in [0.29, 0.717) is 23.8 Å². The van der Waals surface area contributed by atoms with Crippen LogP contribution in [0.2, 0.25) is 0 Å². The van der Waals surface area contributed by atoms with E-state index in [-0.39, 0.29) is 5.82 Å². The number of aromatic nitrogens is 2. The topological polar surface area (TPSA) is 37.9 Å². The lowest BCUT2D eigenvalue weighted by Gasteiger charge is -2.05. The molecule has 1 aromatic carbocycles. The first kappa shape index (κ1) is 17.5. The summed E-state index contributed by atoms with van der Waals surface area (Å²) >= 11 is 0. The summed E-state index contributed by atoms with van der Waals surface area (Å²) in [7, 11) is 0. The minimum Gasteiger partial charge on any atom is -0.490 e. The molecule has 21 heavy (non-hydrogen) atoms. The van der Waals surface area contributed by atoms with E-state index >= 15 is 0 Å². The Bertz CT molecular complexity index is 547. The normalized spacial score (nSPS) is 13.0. The highest BCUT2D eigenvalue weighted by molar-refractivity contribution is 5.77. The Morgan fingerprint density at radius 1 is 1.29 bits per heavy atom. The molecule has 0 amide bonds. The maximum atomic E-state index is 13.6. The molecule has 0 radical (unpaired) electrons. The van der Waals surface area contributed by atoms with Gasteiger partial charge in [-0.2, -0.15) is 0 Å². The maximum Gasteiger partial charge on any atom is 0.167 e. The van der Waals surface area contributed by atoms with Crippen LogP contribution in [0.4, 0.5) is 4.39 Å². The molecule has 1 aromatic heterocycles. The molecular weight excluding hydrogens is 267 g/mol. The molecule has 1 aliphatic rings. The summed E-state index contributed by atoms with van der Waals surface area (Å²) in [5.41, 5.74) is 1.47. The van der Waals surface area contributed by atoms with Crippen LogP contribution in [0.3, 0.4) is 0 Å². The van der Waals surface area contributed by atoms with Gasteiger partial charge in [0.15, 0.2) is 11.6 Å². The van der Waals surface area contributed by atoms with Crippen LogP contribution < -0.4 is 4.74 Å². The van der Waals surface area contributed by atoms with Crippen molar-refractivity contribution in [1.82, 2.24) is 9.97 Å². The molecule has 1 N–H and O–H groups in total. The third kappa shape index (κ3) is 5.37. The van der Waals surface area contributed by atoms with E-state index in [4.69, 9.17) is 4.74 Å². The van der Waals surface area contributed by atoms with Crippen molar-refractivity contribution in [2.45, 2.75) is 53.9 Å². The smallest absolute Gasteiger partial charge is 0.167 e. The van der Waals surface area contributed by atoms with E-state index in [9.17, 15) is 4.39 Å². The summed E-state index contributed by atoms with van der Waals surface area (Å²) < 4.78 is 19.1. The van der Waals surface area contributed by atoms with E-state index in [2.05, 4.69) is 23.8 Å². The lowest BCUT2D eigenvalue weighted by molar-refractivity contribution is 0.286. The second kappa shape index (κ2) is 8.65. The zero-order valence-corrected chi connectivity index (χ0v) is 13.8. The number of nitrogens with zero attached hydrogens (tertiary/aromatic N) is 1. The number of H-pyrrole nitrogens is 1. The average Bonchev–Trinajstić information content (AvgIpc) is 3.21. The predicted octanol–water partition coefficient (Wildman–Crippen LogP) is 5.24. The van der Waals surface area contributed by atoms with Crippen molar-refractivity contribution in [3.05, 3.63) is 23.8 Å². The summed E-state index contributed by atoms with van der Waals surface area (Å²) in [6.45, 7) is 10.7. The number of imidazole rings is 1. The Balaban J connectivity index is 0.000000395. The van der Waals surface area contributed by atoms with Crippen LogP contribution in [0.25, 0.3) is 11.0 Å². The lowest BCUT2D eigenvalue weighted by Crippen LogP contribution is -2.00. The van der Waals surface area contributed by atoms with Crippen molar-refractivity contribution in [3.8, 4) is 5.75 Å². The zero-order chi connectivity index (χ0) is 15.8. The van der Waals surface area contributed by atoms with Gasteiger partial charge in [-0.1, -0.05) is 34.1 Å². The number of aromatic amines is 1. The van der Waals surface area contributed by atoms with Gasteiger partial charge in [-0.05, 0) is 25.7 Å². The number of hydrogen-bond acceptors (Lipinski definition) is 2. The first-order chi connectivity index (χ1) is 10.1. The van der Waals surface area contributed by atoms with Crippen LogP contribution in [0, 0.1) is 18.7 Å². The second-order valence-corrected chi connectivity index (χ2v) is 5.08. The van der Waals surface area contributed by atoms with Gasteiger partial charge >= 0.3 is 0 Å². The van der Waals surface area contributed by atoms with Gasteiger partial charge in [0.2, 0.25) is 0 Å². The van der Waals surface area contributed by atoms with E-state index in [1.165, 1.54) is 25.3 Å². The van der Waals surface area contributed by atoms with E-state index in [1.54, 1.807) is 6.07 Å². The number of aryl methyl sites for hydroxylation is 1. The van der Waals surface area contributed by atoms with Crippen LogP contribution in [0.15, 0.2) is 12.1 Å². The molecule has 0 unspecified atom stereocenters. The summed E-state index contributed by atoms with van der Waals surface area (Å²) in [5, 5.41) is 0. The Morgan fingerprint density at radius 2 is 1.90 bits per heavy atom. The lowest BCUT2D eigenvalue weighted by atomic mass is 10.3. The molecule has 1 fully saturated rings. The monoisotopic (exact) mass is 294 g/mol. The molecule has 0 bridgehead atoms. The van der Waals surface area contributed by atoms with Crippen LogP contribution in [0.1, 0.15) is 52.8 Å². The standard InChI is InChI=1S/C12H13FN2O.C3H8.C2H6/c1-7-14-10-4-9(13)12(5-11(10)15-7)16-6-8-2-3-8;1-3-2;1-2/h4-5,8H,2-3,6H2,1H3,(H,14,15);3H2,1-2H3;1-2H3. The van der Waals surface area contributed by atoms with Crippen molar-refractivity contribution in [1.29, 1.82) is 0 Å². The maximum absolute atomic E-state index is 13.6. The Kier molecular flexibility index (Phi) is 7.20. The highest BCUT2D eigenvalue weighted by Crippen LogP contribution is 2.31. The fourth-order valence-electron chi connectivity index (χ4n) is 1.74. The van der Waals surface area contributed by atoms with E-state index in [0.717, 1.165) is 11.3 Å². The summed E-state index contributed by atoms with van der Waals surface area (Å²) in [4.78, 5) is 7.25. The molecule has 118 valence electrons. The summed E-state index contributed by atoms with van der Waals surface area (Å²) in [5.74, 6) is 1.40. The largest absolute Gasteiger partial charge is 0.490 e. The van der Waals surface area contributed by atoms with Gasteiger partial charge in [0, 0.05) is 12.1 Å². The number of nitrogens with one attached hydrogen (secondary N) is 1. The van der Waals surface area contributed by atoms with Crippen molar-refractivity contribution >= 4 is 11.0 Å². The molecule has 0 saturated heterocycles. The molecule has 1 aliphatic carbocycles. The molecule has 2 aromatic rings. The SMILES string of the molecule is CC.CCC.Cc1nc2cc(OCC3CC3)c(F)cc2[nH]1. The molecule has 1 heterocycles. The number of fused-ring (bicyclic) bond motifs is 1. The third-order valence-electron chi connectivity index (χ3n) is 2.83. The number of halogens is 1. The van der Waals surface area contributed by atoms with Crippen molar-refractivity contribution in [3.63, 3.8) is 0 Å². The van der Waals surface area contributed by atoms with Gasteiger partial charge in [0.25, 0.3) is 0 Å². The minimum atomic E-state index is -0.322. The molecular formula is C17H27FN2O. The van der Waals surface area contributed by atoms with Crippen LogP contribution >= 0.6 is 0 Å². The molecule has 0 atom stereocenters. The predicted molar refractivity (Wildman–Crippen MR) is 86.3 cm³/mol. The fourth-order valence-corrected chi connectivity index (χ4v) is 1.74. The minimum absolute atomic E-state index is 0.311. The van der Waals surface area contributed by atoms with Gasteiger partial charge in [0.1, 0.15) is 5.82 Å². The average molecular weight is 294 g/mol. The van der Waals surface area contributed by atoms with E-state index in [1.807, 2.05) is 20.8 Å². The van der Waals surface area contributed by atoms with Gasteiger partial charge in [-0.25, -0.2) is 9.37 Å². The van der Waals surface area contributed by atoms with Gasteiger partial charge in [-0.3, -0.25) is 0 Å². The quantitative estimate of drug-likeness (QED) is 0.840. The van der Waals surface area contributed by atoms with E-state index < -0.39 is 0 Å². The highest BCUT2D eigenvalue weighted by Gasteiger charge is 2.22. The van der Waals surface area contributed by atoms with Gasteiger partial charge in [-0.15, -0.1) is 0 Å². The Morgan fingerprint density at radius 3 is 2.48 bits per heavy atom. The Hall–Kier alpha value is -1.58. The van der Waals surface area contributed by atoms with Crippen molar-refractivity contribution in [2.24, 2.45) is 5.92 Å². The number of hydrogen-bond donors (Lipinski definition) is 1. The van der Waals surface area contributed by atoms with Crippen molar-refractivity contribution < 1.29 is 9.13 Å². The van der Waals surface area contributed by atoms with Crippen LogP contribution in [0.5, 0.6) is 5.75 Å². The molecule has 0 aliphatic heterocycles. The first-order valence-corrected chi connectivity index (χ1v) is 7.92. The van der Waals surface area contributed by atoms with Gasteiger partial charge in [0.05, 0.1) is 17.6 Å². The molecule has 3 rings (SSSR count).